The number of rotatable bonds is 7. The molecule has 2 heterocycles. The van der Waals surface area contributed by atoms with Gasteiger partial charge in [0.25, 0.3) is 0 Å². The number of nitrogens with one attached hydrogen (secondary N) is 1. The molecule has 0 saturated carbocycles. The molecule has 2 aromatic rings. The summed E-state index contributed by atoms with van der Waals surface area (Å²) >= 11 is 0. The molecular formula is C22H26FN3O2. The van der Waals surface area contributed by atoms with Crippen molar-refractivity contribution in [2.45, 2.75) is 44.7 Å². The maximum atomic E-state index is 13.0. The Labute approximate surface area is 165 Å². The molecule has 1 atom stereocenters. The standard InChI is InChI=1S/C22H26FN3O2/c23-18-8-6-17(7-9-18)21(27)10-11-22(28)26(16-19-4-1-2-14-25-19)20-5-3-13-24-15-12-20/h1-2,4,6-9,14,20,24H,3,5,10-13,15-16H2. The third-order valence-corrected chi connectivity index (χ3v) is 5.10. The Morgan fingerprint density at radius 1 is 1.07 bits per heavy atom. The minimum atomic E-state index is -0.379. The van der Waals surface area contributed by atoms with Crippen molar-refractivity contribution in [2.75, 3.05) is 13.1 Å². The first-order valence-electron chi connectivity index (χ1n) is 9.82. The molecule has 1 aliphatic rings. The van der Waals surface area contributed by atoms with Gasteiger partial charge in [0.15, 0.2) is 5.78 Å². The Hall–Kier alpha value is -2.60. The summed E-state index contributed by atoms with van der Waals surface area (Å²) in [6.07, 6.45) is 4.85. The molecule has 1 unspecified atom stereocenters. The van der Waals surface area contributed by atoms with Gasteiger partial charge in [0.05, 0.1) is 12.2 Å². The van der Waals surface area contributed by atoms with Gasteiger partial charge < -0.3 is 10.2 Å². The van der Waals surface area contributed by atoms with Gasteiger partial charge in [0.2, 0.25) is 5.91 Å². The fourth-order valence-corrected chi connectivity index (χ4v) is 3.54. The SMILES string of the molecule is O=C(CCC(=O)N(Cc1ccccn1)C1CCCNCC1)c1ccc(F)cc1. The number of aromatic nitrogens is 1. The van der Waals surface area contributed by atoms with E-state index < -0.39 is 0 Å². The van der Waals surface area contributed by atoms with E-state index >= 15 is 0 Å². The van der Waals surface area contributed by atoms with Crippen LogP contribution in [0.2, 0.25) is 0 Å². The molecule has 148 valence electrons. The van der Waals surface area contributed by atoms with Crippen LogP contribution in [0.1, 0.15) is 48.2 Å². The molecular weight excluding hydrogens is 357 g/mol. The number of hydrogen-bond donors (Lipinski definition) is 1. The first kappa shape index (κ1) is 20.1. The predicted molar refractivity (Wildman–Crippen MR) is 105 cm³/mol. The van der Waals surface area contributed by atoms with E-state index in [0.29, 0.717) is 12.1 Å². The molecule has 1 aliphatic heterocycles. The number of benzene rings is 1. The van der Waals surface area contributed by atoms with Crippen LogP contribution < -0.4 is 5.32 Å². The Kier molecular flexibility index (Phi) is 7.25. The topological polar surface area (TPSA) is 62.3 Å². The fraction of sp³-hybridized carbons (Fsp3) is 0.409. The molecule has 28 heavy (non-hydrogen) atoms. The van der Waals surface area contributed by atoms with Crippen LogP contribution in [0.5, 0.6) is 0 Å². The number of pyridine rings is 1. The zero-order chi connectivity index (χ0) is 19.8. The average molecular weight is 383 g/mol. The van der Waals surface area contributed by atoms with E-state index in [1.807, 2.05) is 23.1 Å². The molecule has 3 rings (SSSR count). The summed E-state index contributed by atoms with van der Waals surface area (Å²) in [6, 6.07) is 11.3. The highest BCUT2D eigenvalue weighted by molar-refractivity contribution is 5.97. The van der Waals surface area contributed by atoms with Crippen molar-refractivity contribution in [1.29, 1.82) is 0 Å². The number of hydrogen-bond acceptors (Lipinski definition) is 4. The van der Waals surface area contributed by atoms with Gasteiger partial charge in [-0.25, -0.2) is 4.39 Å². The Morgan fingerprint density at radius 2 is 1.89 bits per heavy atom. The maximum absolute atomic E-state index is 13.0. The minimum absolute atomic E-state index is 0.0342. The van der Waals surface area contributed by atoms with Gasteiger partial charge in [-0.2, -0.15) is 0 Å². The van der Waals surface area contributed by atoms with Gasteiger partial charge in [0, 0.05) is 30.6 Å². The second kappa shape index (κ2) is 10.1. The largest absolute Gasteiger partial charge is 0.334 e. The number of carbonyl (C=O) groups is 2. The lowest BCUT2D eigenvalue weighted by Gasteiger charge is -2.31. The Balaban J connectivity index is 1.66. The first-order valence-corrected chi connectivity index (χ1v) is 9.82. The van der Waals surface area contributed by atoms with Crippen LogP contribution >= 0.6 is 0 Å². The van der Waals surface area contributed by atoms with E-state index in [9.17, 15) is 14.0 Å². The Morgan fingerprint density at radius 3 is 2.64 bits per heavy atom. The van der Waals surface area contributed by atoms with E-state index in [2.05, 4.69) is 10.3 Å². The van der Waals surface area contributed by atoms with E-state index in [1.165, 1.54) is 24.3 Å². The van der Waals surface area contributed by atoms with E-state index in [1.54, 1.807) is 6.20 Å². The van der Waals surface area contributed by atoms with Crippen LogP contribution in [0, 0.1) is 5.82 Å². The van der Waals surface area contributed by atoms with Gasteiger partial charge in [-0.1, -0.05) is 6.07 Å². The zero-order valence-corrected chi connectivity index (χ0v) is 15.9. The van der Waals surface area contributed by atoms with Gasteiger partial charge in [-0.15, -0.1) is 0 Å². The molecule has 0 aliphatic carbocycles. The normalized spacial score (nSPS) is 17.0. The summed E-state index contributed by atoms with van der Waals surface area (Å²) in [5.74, 6) is -0.558. The average Bonchev–Trinajstić information content (AvgIpc) is 3.00. The zero-order valence-electron chi connectivity index (χ0n) is 15.9. The summed E-state index contributed by atoms with van der Waals surface area (Å²) in [4.78, 5) is 31.6. The van der Waals surface area contributed by atoms with Crippen molar-refractivity contribution < 1.29 is 14.0 Å². The Bertz CT molecular complexity index is 772. The van der Waals surface area contributed by atoms with Crippen LogP contribution in [0.4, 0.5) is 4.39 Å². The first-order chi connectivity index (χ1) is 13.6. The molecule has 1 aromatic carbocycles. The van der Waals surface area contributed by atoms with Crippen LogP contribution in [0.15, 0.2) is 48.7 Å². The van der Waals surface area contributed by atoms with Crippen molar-refractivity contribution >= 4 is 11.7 Å². The minimum Gasteiger partial charge on any atom is -0.334 e. The number of nitrogens with zero attached hydrogens (tertiary/aromatic N) is 2. The summed E-state index contributed by atoms with van der Waals surface area (Å²) < 4.78 is 13.0. The lowest BCUT2D eigenvalue weighted by Crippen LogP contribution is -2.40. The summed E-state index contributed by atoms with van der Waals surface area (Å²) in [5, 5.41) is 3.37. The van der Waals surface area contributed by atoms with Gasteiger partial charge in [-0.05, 0) is 68.8 Å². The molecule has 1 aromatic heterocycles. The van der Waals surface area contributed by atoms with Crippen LogP contribution in [0.3, 0.4) is 0 Å². The summed E-state index contributed by atoms with van der Waals surface area (Å²) in [6.45, 7) is 2.30. The van der Waals surface area contributed by atoms with Crippen molar-refractivity contribution in [3.8, 4) is 0 Å². The van der Waals surface area contributed by atoms with Crippen molar-refractivity contribution in [2.24, 2.45) is 0 Å². The number of Topliss-reactive ketones (excluding diaryl/α,β-unsaturated/α-hetero) is 1. The lowest BCUT2D eigenvalue weighted by molar-refractivity contribution is -0.134. The molecule has 0 bridgehead atoms. The van der Waals surface area contributed by atoms with Crippen LogP contribution in [-0.2, 0) is 11.3 Å². The highest BCUT2D eigenvalue weighted by Gasteiger charge is 2.25. The van der Waals surface area contributed by atoms with Crippen molar-refractivity contribution in [3.05, 3.63) is 65.7 Å². The number of carbonyl (C=O) groups excluding carboxylic acids is 2. The molecule has 1 saturated heterocycles. The number of ketones is 1. The molecule has 1 amide bonds. The quantitative estimate of drug-likeness (QED) is 0.745. The summed E-state index contributed by atoms with van der Waals surface area (Å²) in [5.41, 5.74) is 1.28. The van der Waals surface area contributed by atoms with E-state index in [4.69, 9.17) is 0 Å². The van der Waals surface area contributed by atoms with Gasteiger partial charge in [0.1, 0.15) is 5.82 Å². The molecule has 6 heteroatoms. The van der Waals surface area contributed by atoms with Gasteiger partial charge >= 0.3 is 0 Å². The van der Waals surface area contributed by atoms with Crippen molar-refractivity contribution in [3.63, 3.8) is 0 Å². The van der Waals surface area contributed by atoms with E-state index in [-0.39, 0.29) is 36.4 Å². The molecule has 5 nitrogen and oxygen atoms in total. The maximum Gasteiger partial charge on any atom is 0.223 e. The molecule has 0 radical (unpaired) electrons. The molecule has 1 N–H and O–H groups in total. The van der Waals surface area contributed by atoms with Crippen molar-refractivity contribution in [1.82, 2.24) is 15.2 Å². The number of halogens is 1. The third kappa shape index (κ3) is 5.70. The lowest BCUT2D eigenvalue weighted by atomic mass is 10.0. The second-order valence-corrected chi connectivity index (χ2v) is 7.11. The van der Waals surface area contributed by atoms with Gasteiger partial charge in [-0.3, -0.25) is 14.6 Å². The second-order valence-electron chi connectivity index (χ2n) is 7.11. The highest BCUT2D eigenvalue weighted by Crippen LogP contribution is 2.19. The molecule has 1 fully saturated rings. The monoisotopic (exact) mass is 383 g/mol. The van der Waals surface area contributed by atoms with E-state index in [0.717, 1.165) is 38.0 Å². The predicted octanol–water partition coefficient (Wildman–Crippen LogP) is 3.35. The molecule has 0 spiro atoms. The summed E-state index contributed by atoms with van der Waals surface area (Å²) in [7, 11) is 0. The smallest absolute Gasteiger partial charge is 0.223 e. The highest BCUT2D eigenvalue weighted by atomic mass is 19.1. The van der Waals surface area contributed by atoms with Crippen LogP contribution in [0.25, 0.3) is 0 Å². The fourth-order valence-electron chi connectivity index (χ4n) is 3.54. The number of amides is 1. The third-order valence-electron chi connectivity index (χ3n) is 5.10. The van der Waals surface area contributed by atoms with Crippen LogP contribution in [-0.4, -0.2) is 40.7 Å².